The van der Waals surface area contributed by atoms with Crippen LogP contribution in [0.3, 0.4) is 0 Å². The fourth-order valence-corrected chi connectivity index (χ4v) is 6.53. The summed E-state index contributed by atoms with van der Waals surface area (Å²) in [5.74, 6) is -2.92. The fraction of sp³-hybridized carbons (Fsp3) is 0.200. The van der Waals surface area contributed by atoms with E-state index in [1.807, 2.05) is 0 Å². The number of benzene rings is 3. The third-order valence-electron chi connectivity index (χ3n) is 4.98. The van der Waals surface area contributed by atoms with Gasteiger partial charge in [0.05, 0.1) is 5.92 Å². The van der Waals surface area contributed by atoms with Gasteiger partial charge < -0.3 is 23.5 Å². The maximum Gasteiger partial charge on any atom is 0.715 e. The number of hydrogen-bond acceptors (Lipinski definition) is 5. The van der Waals surface area contributed by atoms with E-state index in [9.17, 15) is 19.8 Å². The minimum absolute atomic E-state index is 0.121. The molecular formula is C25H26O7Si. The zero-order valence-corrected chi connectivity index (χ0v) is 19.2. The quantitative estimate of drug-likeness (QED) is 0.357. The van der Waals surface area contributed by atoms with Crippen molar-refractivity contribution in [1.29, 1.82) is 0 Å². The first-order valence-electron chi connectivity index (χ1n) is 10.6. The highest BCUT2D eigenvalue weighted by molar-refractivity contribution is 6.68. The molecule has 172 valence electrons. The number of para-hydroxylation sites is 3. The average molecular weight is 467 g/mol. The van der Waals surface area contributed by atoms with Crippen LogP contribution in [0.1, 0.15) is 19.8 Å². The van der Waals surface area contributed by atoms with Crippen LogP contribution in [0.15, 0.2) is 91.0 Å². The van der Waals surface area contributed by atoms with Gasteiger partial charge in [0.1, 0.15) is 17.2 Å². The Kier molecular flexibility index (Phi) is 8.10. The van der Waals surface area contributed by atoms with Crippen LogP contribution < -0.4 is 13.3 Å². The molecule has 0 bridgehead atoms. The largest absolute Gasteiger partial charge is 0.715 e. The molecule has 0 aliphatic carbocycles. The molecule has 7 nitrogen and oxygen atoms in total. The molecule has 8 heteroatoms. The Morgan fingerprint density at radius 1 is 0.697 bits per heavy atom. The second-order valence-corrected chi connectivity index (χ2v) is 9.84. The van der Waals surface area contributed by atoms with E-state index in [1.165, 1.54) is 0 Å². The maximum atomic E-state index is 12.7. The third kappa shape index (κ3) is 6.14. The van der Waals surface area contributed by atoms with Crippen LogP contribution in [0.4, 0.5) is 0 Å². The standard InChI is InChI=1S/C25H26O7Si/c1-2-12-22(24(26)27)23(25(28)29)33(30-19-13-6-3-7-14-19,31-20-15-8-4-9-16-20)32-21-17-10-5-11-18-21/h3-11,13-18,22-23H,2,12H2,1H3,(H,26,27)(H,28,29). The minimum Gasteiger partial charge on any atom is -0.483 e. The van der Waals surface area contributed by atoms with Crippen molar-refractivity contribution in [3.05, 3.63) is 91.0 Å². The second-order valence-electron chi connectivity index (χ2n) is 7.40. The topological polar surface area (TPSA) is 102 Å². The Balaban J connectivity index is 2.22. The molecule has 33 heavy (non-hydrogen) atoms. The van der Waals surface area contributed by atoms with Crippen molar-refractivity contribution in [3.8, 4) is 17.2 Å². The summed E-state index contributed by atoms with van der Waals surface area (Å²) in [7, 11) is -4.35. The predicted molar refractivity (Wildman–Crippen MR) is 124 cm³/mol. The molecule has 0 saturated carbocycles. The van der Waals surface area contributed by atoms with E-state index in [1.54, 1.807) is 97.9 Å². The molecule has 0 amide bonds. The van der Waals surface area contributed by atoms with Crippen LogP contribution >= 0.6 is 0 Å². The summed E-state index contributed by atoms with van der Waals surface area (Å²) in [5, 5.41) is 20.3. The van der Waals surface area contributed by atoms with E-state index >= 15 is 0 Å². The molecule has 3 aromatic rings. The SMILES string of the molecule is CCCC(C(=O)O)C(C(=O)O)[Si](Oc1ccccc1)(Oc1ccccc1)Oc1ccccc1. The van der Waals surface area contributed by atoms with Crippen molar-refractivity contribution < 1.29 is 33.1 Å². The molecule has 0 saturated heterocycles. The molecule has 0 fully saturated rings. The summed E-state index contributed by atoms with van der Waals surface area (Å²) >= 11 is 0. The molecule has 2 unspecified atom stereocenters. The van der Waals surface area contributed by atoms with Crippen LogP contribution in [0.25, 0.3) is 0 Å². The van der Waals surface area contributed by atoms with Gasteiger partial charge in [-0.25, -0.2) is 0 Å². The summed E-state index contributed by atoms with van der Waals surface area (Å²) in [5.41, 5.74) is -1.57. The van der Waals surface area contributed by atoms with Crippen molar-refractivity contribution in [2.75, 3.05) is 0 Å². The molecule has 0 aromatic heterocycles. The average Bonchev–Trinajstić information content (AvgIpc) is 2.80. The molecule has 3 aromatic carbocycles. The van der Waals surface area contributed by atoms with E-state index in [2.05, 4.69) is 0 Å². The zero-order chi connectivity index (χ0) is 23.7. The van der Waals surface area contributed by atoms with Crippen molar-refractivity contribution in [2.45, 2.75) is 25.3 Å². The zero-order valence-electron chi connectivity index (χ0n) is 18.2. The highest BCUT2D eigenvalue weighted by Gasteiger charge is 2.65. The van der Waals surface area contributed by atoms with Crippen LogP contribution in [0.5, 0.6) is 17.2 Å². The van der Waals surface area contributed by atoms with Crippen LogP contribution in [-0.4, -0.2) is 31.0 Å². The van der Waals surface area contributed by atoms with E-state index in [0.717, 1.165) is 0 Å². The predicted octanol–water partition coefficient (Wildman–Crippen LogP) is 5.12. The van der Waals surface area contributed by atoms with Gasteiger partial charge in [0, 0.05) is 0 Å². The van der Waals surface area contributed by atoms with Gasteiger partial charge in [-0.15, -0.1) is 0 Å². The molecule has 2 N–H and O–H groups in total. The number of hydrogen-bond donors (Lipinski definition) is 2. The first-order valence-corrected chi connectivity index (χ1v) is 12.4. The molecule has 2 atom stereocenters. The summed E-state index contributed by atoms with van der Waals surface area (Å²) in [4.78, 5) is 24.9. The minimum atomic E-state index is -4.35. The van der Waals surface area contributed by atoms with Crippen LogP contribution in [0, 0.1) is 5.92 Å². The Morgan fingerprint density at radius 2 is 1.06 bits per heavy atom. The van der Waals surface area contributed by atoms with Gasteiger partial charge in [-0.05, 0) is 42.8 Å². The molecule has 0 heterocycles. The third-order valence-corrected chi connectivity index (χ3v) is 7.95. The first kappa shape index (κ1) is 23.9. The van der Waals surface area contributed by atoms with Gasteiger partial charge in [-0.2, -0.15) is 0 Å². The lowest BCUT2D eigenvalue weighted by Crippen LogP contribution is -2.63. The van der Waals surface area contributed by atoms with Crippen molar-refractivity contribution >= 4 is 20.7 Å². The van der Waals surface area contributed by atoms with E-state index in [4.69, 9.17) is 13.3 Å². The van der Waals surface area contributed by atoms with E-state index in [-0.39, 0.29) is 6.42 Å². The van der Waals surface area contributed by atoms with Crippen LogP contribution in [0.2, 0.25) is 5.54 Å². The number of aliphatic carboxylic acids is 2. The van der Waals surface area contributed by atoms with Gasteiger partial charge >= 0.3 is 20.7 Å². The molecule has 0 aliphatic rings. The highest BCUT2D eigenvalue weighted by atomic mass is 28.4. The number of rotatable bonds is 12. The smallest absolute Gasteiger partial charge is 0.483 e. The molecular weight excluding hydrogens is 440 g/mol. The van der Waals surface area contributed by atoms with Gasteiger partial charge in [0.2, 0.25) is 0 Å². The monoisotopic (exact) mass is 466 g/mol. The van der Waals surface area contributed by atoms with E-state index < -0.39 is 32.2 Å². The Labute approximate surface area is 193 Å². The van der Waals surface area contributed by atoms with Crippen molar-refractivity contribution in [1.82, 2.24) is 0 Å². The summed E-state index contributed by atoms with van der Waals surface area (Å²) in [6, 6.07) is 25.7. The lowest BCUT2D eigenvalue weighted by molar-refractivity contribution is -0.149. The highest BCUT2D eigenvalue weighted by Crippen LogP contribution is 2.38. The van der Waals surface area contributed by atoms with Crippen molar-refractivity contribution in [2.24, 2.45) is 5.92 Å². The van der Waals surface area contributed by atoms with Crippen LogP contribution in [-0.2, 0) is 9.59 Å². The molecule has 0 spiro atoms. The fourth-order valence-electron chi connectivity index (χ4n) is 3.52. The summed E-state index contributed by atoms with van der Waals surface area (Å²) in [6.07, 6.45) is 0.586. The lowest BCUT2D eigenvalue weighted by atomic mass is 9.99. The van der Waals surface area contributed by atoms with Crippen molar-refractivity contribution in [3.63, 3.8) is 0 Å². The van der Waals surface area contributed by atoms with Gasteiger partial charge in [-0.3, -0.25) is 9.59 Å². The summed E-state index contributed by atoms with van der Waals surface area (Å²) in [6.45, 7) is 1.80. The van der Waals surface area contributed by atoms with Gasteiger partial charge in [-0.1, -0.05) is 67.9 Å². The Morgan fingerprint density at radius 3 is 1.33 bits per heavy atom. The van der Waals surface area contributed by atoms with Gasteiger partial charge in [0.25, 0.3) is 0 Å². The Hall–Kier alpha value is -3.78. The molecule has 0 radical (unpaired) electrons. The van der Waals surface area contributed by atoms with Gasteiger partial charge in [0.15, 0.2) is 5.54 Å². The Bertz CT molecular complexity index is 927. The second kappa shape index (κ2) is 11.2. The lowest BCUT2D eigenvalue weighted by Gasteiger charge is -2.36. The molecule has 0 aliphatic heterocycles. The number of carbonyl (C=O) groups is 2. The number of carboxylic acids is 2. The summed E-state index contributed by atoms with van der Waals surface area (Å²) < 4.78 is 18.8. The normalized spacial score (nSPS) is 12.9. The number of carboxylic acid groups (broad SMARTS) is 2. The first-order chi connectivity index (χ1) is 15.9. The molecule has 3 rings (SSSR count). The maximum absolute atomic E-state index is 12.7. The van der Waals surface area contributed by atoms with E-state index in [0.29, 0.717) is 23.7 Å².